The highest BCUT2D eigenvalue weighted by molar-refractivity contribution is 5.72. The molecule has 454 valence electrons. The Labute approximate surface area is 489 Å². The molecule has 1 atom stereocenters. The van der Waals surface area contributed by atoms with Crippen LogP contribution < -0.4 is 0 Å². The molecule has 6 nitrogen and oxygen atoms in total. The van der Waals surface area contributed by atoms with Crippen molar-refractivity contribution in [2.45, 2.75) is 335 Å². The minimum atomic E-state index is -0.826. The van der Waals surface area contributed by atoms with E-state index in [2.05, 4.69) is 106 Å². The van der Waals surface area contributed by atoms with Gasteiger partial charge < -0.3 is 14.2 Å². The lowest BCUT2D eigenvalue weighted by atomic mass is 10.0. The normalized spacial score (nSPS) is 12.7. The molecule has 0 radical (unpaired) electrons. The highest BCUT2D eigenvalue weighted by Gasteiger charge is 2.19. The third-order valence-corrected chi connectivity index (χ3v) is 14.6. The number of ether oxygens (including phenoxy) is 3. The first-order valence-corrected chi connectivity index (χ1v) is 33.7. The number of carbonyl (C=O) groups excluding carboxylic acids is 3. The van der Waals surface area contributed by atoms with Crippen LogP contribution in [0.4, 0.5) is 0 Å². The standard InChI is InChI=1S/C73H126O6/c1-4-7-10-13-16-19-22-25-28-30-32-33-34-35-36-37-38-39-41-42-45-48-51-54-57-60-63-66-72(75)78-69-70(68-77-71(74)65-62-59-56-53-50-47-44-27-24-21-18-15-12-9-6-3)79-73(76)67-64-61-58-55-52-49-46-43-40-31-29-26-23-20-17-14-11-8-5-2/h9,12,17-18,20-21,26-27,29,40,43-44,50,53,59,62,70H,4-8,10-11,13-16,19,22-25,28,30-39,41-42,45-49,51-52,54-58,60-61,63-69H2,1-3H3/b12-9-,20-17-,21-18-,29-26-,43-40-,44-27-,53-50-,62-59-. The predicted molar refractivity (Wildman–Crippen MR) is 344 cm³/mol. The zero-order valence-electron chi connectivity index (χ0n) is 52.1. The number of esters is 3. The Morgan fingerprint density at radius 2 is 0.544 bits per heavy atom. The van der Waals surface area contributed by atoms with Gasteiger partial charge in [0.2, 0.25) is 0 Å². The summed E-state index contributed by atoms with van der Waals surface area (Å²) in [6.07, 6.45) is 90.3. The minimum Gasteiger partial charge on any atom is -0.462 e. The molecule has 0 saturated carbocycles. The molecule has 0 aliphatic heterocycles. The van der Waals surface area contributed by atoms with E-state index >= 15 is 0 Å². The molecule has 0 aromatic carbocycles. The van der Waals surface area contributed by atoms with E-state index in [0.717, 1.165) is 96.3 Å². The van der Waals surface area contributed by atoms with E-state index in [9.17, 15) is 14.4 Å². The third-order valence-electron chi connectivity index (χ3n) is 14.6. The summed E-state index contributed by atoms with van der Waals surface area (Å²) in [5.41, 5.74) is 0. The van der Waals surface area contributed by atoms with Gasteiger partial charge in [-0.25, -0.2) is 0 Å². The zero-order valence-corrected chi connectivity index (χ0v) is 52.1. The van der Waals surface area contributed by atoms with E-state index in [4.69, 9.17) is 14.2 Å². The lowest BCUT2D eigenvalue weighted by Crippen LogP contribution is -2.30. The Kier molecular flexibility index (Phi) is 63.7. The first kappa shape index (κ1) is 75.3. The molecular weight excluding hydrogens is 973 g/mol. The van der Waals surface area contributed by atoms with Crippen molar-refractivity contribution in [3.63, 3.8) is 0 Å². The molecular formula is C73H126O6. The number of unbranched alkanes of at least 4 members (excludes halogenated alkanes) is 35. The number of hydrogen-bond donors (Lipinski definition) is 0. The molecule has 79 heavy (non-hydrogen) atoms. The summed E-state index contributed by atoms with van der Waals surface area (Å²) in [5, 5.41) is 0. The summed E-state index contributed by atoms with van der Waals surface area (Å²) in [7, 11) is 0. The fraction of sp³-hybridized carbons (Fsp3) is 0.740. The molecule has 0 aromatic rings. The Morgan fingerprint density at radius 1 is 0.278 bits per heavy atom. The van der Waals surface area contributed by atoms with Crippen molar-refractivity contribution in [1.82, 2.24) is 0 Å². The van der Waals surface area contributed by atoms with Crippen molar-refractivity contribution in [2.75, 3.05) is 13.2 Å². The maximum atomic E-state index is 12.9. The first-order valence-electron chi connectivity index (χ1n) is 33.7. The average Bonchev–Trinajstić information content (AvgIpc) is 3.45. The Balaban J connectivity index is 4.35. The van der Waals surface area contributed by atoms with Crippen LogP contribution in [-0.4, -0.2) is 37.2 Å². The smallest absolute Gasteiger partial charge is 0.309 e. The number of rotatable bonds is 61. The van der Waals surface area contributed by atoms with Gasteiger partial charge in [-0.05, 0) is 83.5 Å². The Bertz CT molecular complexity index is 1540. The molecule has 0 fully saturated rings. The molecule has 6 heteroatoms. The second kappa shape index (κ2) is 66.8. The van der Waals surface area contributed by atoms with Crippen molar-refractivity contribution < 1.29 is 28.6 Å². The van der Waals surface area contributed by atoms with Gasteiger partial charge in [-0.1, -0.05) is 323 Å². The summed E-state index contributed by atoms with van der Waals surface area (Å²) in [5.74, 6) is -1.05. The van der Waals surface area contributed by atoms with Crippen LogP contribution in [0.25, 0.3) is 0 Å². The monoisotopic (exact) mass is 1100 g/mol. The van der Waals surface area contributed by atoms with Gasteiger partial charge in [0, 0.05) is 12.8 Å². The molecule has 0 spiro atoms. The highest BCUT2D eigenvalue weighted by atomic mass is 16.6. The van der Waals surface area contributed by atoms with Crippen LogP contribution in [0.1, 0.15) is 329 Å². The molecule has 0 aliphatic carbocycles. The van der Waals surface area contributed by atoms with Gasteiger partial charge in [0.25, 0.3) is 0 Å². The molecule has 0 heterocycles. The molecule has 0 aromatic heterocycles. The van der Waals surface area contributed by atoms with Gasteiger partial charge in [-0.3, -0.25) is 14.4 Å². The summed E-state index contributed by atoms with van der Waals surface area (Å²) in [4.78, 5) is 38.3. The van der Waals surface area contributed by atoms with E-state index in [1.165, 1.54) is 193 Å². The van der Waals surface area contributed by atoms with Crippen LogP contribution in [-0.2, 0) is 28.6 Å². The molecule has 0 amide bonds. The van der Waals surface area contributed by atoms with Gasteiger partial charge in [0.1, 0.15) is 13.2 Å². The second-order valence-electron chi connectivity index (χ2n) is 22.4. The molecule has 1 unspecified atom stereocenters. The largest absolute Gasteiger partial charge is 0.462 e. The van der Waals surface area contributed by atoms with Crippen LogP contribution in [0.3, 0.4) is 0 Å². The Hall–Kier alpha value is -3.67. The van der Waals surface area contributed by atoms with Crippen molar-refractivity contribution in [3.8, 4) is 0 Å². The highest BCUT2D eigenvalue weighted by Crippen LogP contribution is 2.17. The molecule has 0 rings (SSSR count). The van der Waals surface area contributed by atoms with Gasteiger partial charge in [0.15, 0.2) is 6.10 Å². The zero-order chi connectivity index (χ0) is 57.1. The van der Waals surface area contributed by atoms with Crippen LogP contribution in [0, 0.1) is 0 Å². The van der Waals surface area contributed by atoms with Gasteiger partial charge >= 0.3 is 17.9 Å². The summed E-state index contributed by atoms with van der Waals surface area (Å²) < 4.78 is 16.8. The van der Waals surface area contributed by atoms with Gasteiger partial charge in [-0.2, -0.15) is 0 Å². The maximum absolute atomic E-state index is 12.9. The van der Waals surface area contributed by atoms with Crippen LogP contribution >= 0.6 is 0 Å². The van der Waals surface area contributed by atoms with Crippen molar-refractivity contribution in [1.29, 1.82) is 0 Å². The molecule has 0 N–H and O–H groups in total. The van der Waals surface area contributed by atoms with E-state index in [0.29, 0.717) is 12.8 Å². The molecule has 0 saturated heterocycles. The van der Waals surface area contributed by atoms with E-state index in [1.54, 1.807) is 6.08 Å². The number of carbonyl (C=O) groups is 3. The van der Waals surface area contributed by atoms with Crippen molar-refractivity contribution in [2.24, 2.45) is 0 Å². The summed E-state index contributed by atoms with van der Waals surface area (Å²) >= 11 is 0. The number of hydrogen-bond acceptors (Lipinski definition) is 6. The van der Waals surface area contributed by atoms with Gasteiger partial charge in [0.05, 0.1) is 6.42 Å². The quantitative estimate of drug-likeness (QED) is 0.0261. The SMILES string of the molecule is CC/C=C\C/C=C\C/C=C\C/C=C\C/C=C\CC(=O)OCC(COC(=O)CCCCCCCCCCCCCCCCCCCCCCCCCCCCC)OC(=O)CCCCCCCC/C=C\C/C=C\C/C=C\CCCCC. The average molecular weight is 1100 g/mol. The molecule has 0 aliphatic rings. The van der Waals surface area contributed by atoms with Crippen LogP contribution in [0.2, 0.25) is 0 Å². The fourth-order valence-electron chi connectivity index (χ4n) is 9.58. The maximum Gasteiger partial charge on any atom is 0.309 e. The summed E-state index contributed by atoms with van der Waals surface area (Å²) in [6, 6.07) is 0. The van der Waals surface area contributed by atoms with Crippen LogP contribution in [0.15, 0.2) is 97.2 Å². The second-order valence-corrected chi connectivity index (χ2v) is 22.4. The lowest BCUT2D eigenvalue weighted by molar-refractivity contribution is -0.166. The predicted octanol–water partition coefficient (Wildman–Crippen LogP) is 23.2. The number of allylic oxidation sites excluding steroid dienone is 15. The first-order chi connectivity index (χ1) is 39.0. The fourth-order valence-corrected chi connectivity index (χ4v) is 9.58. The lowest BCUT2D eigenvalue weighted by Gasteiger charge is -2.18. The van der Waals surface area contributed by atoms with E-state index in [1.807, 2.05) is 6.08 Å². The van der Waals surface area contributed by atoms with E-state index in [-0.39, 0.29) is 31.6 Å². The topological polar surface area (TPSA) is 78.9 Å². The molecule has 0 bridgehead atoms. The third kappa shape index (κ3) is 65.0. The van der Waals surface area contributed by atoms with Crippen LogP contribution in [0.5, 0.6) is 0 Å². The summed E-state index contributed by atoms with van der Waals surface area (Å²) in [6.45, 7) is 6.44. The van der Waals surface area contributed by atoms with Crippen molar-refractivity contribution in [3.05, 3.63) is 97.2 Å². The van der Waals surface area contributed by atoms with Gasteiger partial charge in [-0.15, -0.1) is 0 Å². The minimum absolute atomic E-state index is 0.111. The van der Waals surface area contributed by atoms with Crippen molar-refractivity contribution >= 4 is 17.9 Å². The van der Waals surface area contributed by atoms with E-state index < -0.39 is 12.1 Å². The Morgan fingerprint density at radius 3 is 0.911 bits per heavy atom.